The Balaban J connectivity index is 0.000000231. The summed E-state index contributed by atoms with van der Waals surface area (Å²) in [6.45, 7) is 6.98. The lowest BCUT2D eigenvalue weighted by molar-refractivity contribution is -0.193. The number of nitrogens with two attached hydrogens (primary N) is 2. The van der Waals surface area contributed by atoms with Crippen LogP contribution in [0.4, 0.5) is 26.3 Å². The summed E-state index contributed by atoms with van der Waals surface area (Å²) in [6, 6.07) is 0. The molecule has 4 saturated heterocycles. The molecule has 0 aromatic carbocycles. The van der Waals surface area contributed by atoms with Crippen molar-refractivity contribution in [2.24, 2.45) is 11.5 Å². The molecule has 14 heteroatoms. The van der Waals surface area contributed by atoms with E-state index in [1.807, 2.05) is 0 Å². The highest BCUT2D eigenvalue weighted by Gasteiger charge is 2.43. The topological polar surface area (TPSA) is 133 Å². The van der Waals surface area contributed by atoms with Gasteiger partial charge in [0.05, 0.1) is 0 Å². The number of aliphatic carboxylic acids is 2. The molecule has 8 nitrogen and oxygen atoms in total. The highest BCUT2D eigenvalue weighted by Crippen LogP contribution is 2.38. The Hall–Kier alpha value is -1.64. The first-order valence-corrected chi connectivity index (χ1v) is 11.1. The highest BCUT2D eigenvalue weighted by molar-refractivity contribution is 5.73. The molecule has 0 spiro atoms. The summed E-state index contributed by atoms with van der Waals surface area (Å²) < 4.78 is 63.5. The minimum absolute atomic E-state index is 0.458. The van der Waals surface area contributed by atoms with Gasteiger partial charge < -0.3 is 21.7 Å². The van der Waals surface area contributed by atoms with Gasteiger partial charge in [0.1, 0.15) is 0 Å². The first-order valence-electron chi connectivity index (χ1n) is 11.1. The fourth-order valence-electron chi connectivity index (χ4n) is 5.12. The number of alkyl halides is 6. The number of carbonyl (C=O) groups is 2. The zero-order chi connectivity index (χ0) is 26.2. The third-order valence-corrected chi connectivity index (χ3v) is 6.87. The summed E-state index contributed by atoms with van der Waals surface area (Å²) in [4.78, 5) is 23.0. The van der Waals surface area contributed by atoms with Crippen molar-refractivity contribution in [1.82, 2.24) is 9.80 Å². The van der Waals surface area contributed by atoms with E-state index < -0.39 is 24.3 Å². The lowest BCUT2D eigenvalue weighted by Crippen LogP contribution is -2.44. The molecule has 0 aromatic heterocycles. The molecule has 0 atom stereocenters. The monoisotopic (exact) mass is 508 g/mol. The maximum absolute atomic E-state index is 10.6. The molecule has 4 aliphatic rings. The molecule has 0 saturated carbocycles. The first-order chi connectivity index (χ1) is 15.6. The van der Waals surface area contributed by atoms with E-state index in [-0.39, 0.29) is 0 Å². The van der Waals surface area contributed by atoms with Crippen molar-refractivity contribution < 1.29 is 46.1 Å². The highest BCUT2D eigenvalue weighted by atomic mass is 19.4. The van der Waals surface area contributed by atoms with Crippen LogP contribution in [0.25, 0.3) is 0 Å². The zero-order valence-corrected chi connectivity index (χ0v) is 18.9. The molecule has 0 bridgehead atoms. The predicted octanol–water partition coefficient (Wildman–Crippen LogP) is 2.41. The third-order valence-electron chi connectivity index (χ3n) is 6.87. The molecule has 6 N–H and O–H groups in total. The average molecular weight is 509 g/mol. The minimum Gasteiger partial charge on any atom is -0.475 e. The van der Waals surface area contributed by atoms with E-state index in [9.17, 15) is 26.3 Å². The van der Waals surface area contributed by atoms with E-state index >= 15 is 0 Å². The number of hydrogen-bond acceptors (Lipinski definition) is 6. The Kier molecular flexibility index (Phi) is 11.0. The summed E-state index contributed by atoms with van der Waals surface area (Å²) in [7, 11) is 0. The van der Waals surface area contributed by atoms with Crippen molar-refractivity contribution >= 4 is 11.9 Å². The standard InChI is InChI=1S/2C8H16N2.2C2HF3O2/c2*9-7-8-3-1-5-10(8)6-2-4-8;2*3-2(4,5)1(6)7/h2*1-7,9H2;2*(H,6,7). The van der Waals surface area contributed by atoms with Crippen molar-refractivity contribution in [2.75, 3.05) is 39.3 Å². The molecule has 4 fully saturated rings. The molecule has 34 heavy (non-hydrogen) atoms. The fourth-order valence-corrected chi connectivity index (χ4v) is 5.12. The van der Waals surface area contributed by atoms with Crippen LogP contribution >= 0.6 is 0 Å². The molecule has 0 amide bonds. The van der Waals surface area contributed by atoms with E-state index in [0.29, 0.717) is 11.1 Å². The van der Waals surface area contributed by atoms with E-state index in [1.165, 1.54) is 77.5 Å². The molecule has 200 valence electrons. The molecular weight excluding hydrogens is 474 g/mol. The van der Waals surface area contributed by atoms with Gasteiger partial charge >= 0.3 is 24.3 Å². The molecule has 0 radical (unpaired) electrons. The van der Waals surface area contributed by atoms with Crippen LogP contribution in [0.2, 0.25) is 0 Å². The SMILES string of the molecule is NCC12CCCN1CCC2.NCC12CCCN1CCC2.O=C(O)C(F)(F)F.O=C(O)C(F)(F)F. The van der Waals surface area contributed by atoms with E-state index in [2.05, 4.69) is 9.80 Å². The molecule has 4 rings (SSSR count). The second-order valence-corrected chi connectivity index (χ2v) is 8.85. The summed E-state index contributed by atoms with van der Waals surface area (Å²) in [5, 5.41) is 14.2. The quantitative estimate of drug-likeness (QED) is 0.418. The smallest absolute Gasteiger partial charge is 0.475 e. The van der Waals surface area contributed by atoms with Gasteiger partial charge in [-0.3, -0.25) is 9.80 Å². The van der Waals surface area contributed by atoms with Crippen LogP contribution in [-0.4, -0.2) is 94.7 Å². The van der Waals surface area contributed by atoms with Crippen LogP contribution in [-0.2, 0) is 9.59 Å². The van der Waals surface area contributed by atoms with Crippen LogP contribution in [0, 0.1) is 0 Å². The molecule has 0 aromatic rings. The van der Waals surface area contributed by atoms with Crippen LogP contribution in [0.5, 0.6) is 0 Å². The third kappa shape index (κ3) is 8.24. The normalized spacial score (nSPS) is 22.8. The number of rotatable bonds is 2. The second-order valence-electron chi connectivity index (χ2n) is 8.85. The summed E-state index contributed by atoms with van der Waals surface area (Å²) in [5.74, 6) is -5.51. The molecule has 0 unspecified atom stereocenters. The molecule has 4 heterocycles. The van der Waals surface area contributed by atoms with E-state index in [1.54, 1.807) is 0 Å². The largest absolute Gasteiger partial charge is 0.490 e. The van der Waals surface area contributed by atoms with Gasteiger partial charge in [-0.05, 0) is 77.5 Å². The Morgan fingerprint density at radius 1 is 0.647 bits per heavy atom. The van der Waals surface area contributed by atoms with Crippen LogP contribution in [0.15, 0.2) is 0 Å². The van der Waals surface area contributed by atoms with Crippen molar-refractivity contribution in [3.63, 3.8) is 0 Å². The maximum Gasteiger partial charge on any atom is 0.490 e. The summed E-state index contributed by atoms with van der Waals surface area (Å²) >= 11 is 0. The van der Waals surface area contributed by atoms with Crippen LogP contribution in [0.1, 0.15) is 51.4 Å². The van der Waals surface area contributed by atoms with Gasteiger partial charge in [-0.25, -0.2) is 9.59 Å². The molecule has 0 aliphatic carbocycles. The number of halogens is 6. The minimum atomic E-state index is -5.08. The molecular formula is C20H34F6N4O4. The molecule has 4 aliphatic heterocycles. The van der Waals surface area contributed by atoms with Gasteiger partial charge in [0, 0.05) is 24.2 Å². The van der Waals surface area contributed by atoms with Gasteiger partial charge in [-0.15, -0.1) is 0 Å². The Bertz CT molecular complexity index is 598. The fraction of sp³-hybridized carbons (Fsp3) is 0.900. The Labute approximate surface area is 194 Å². The van der Waals surface area contributed by atoms with Gasteiger partial charge in [0.15, 0.2) is 0 Å². The predicted molar refractivity (Wildman–Crippen MR) is 111 cm³/mol. The van der Waals surface area contributed by atoms with Gasteiger partial charge in [0.25, 0.3) is 0 Å². The Morgan fingerprint density at radius 2 is 0.853 bits per heavy atom. The number of carboxylic acid groups (broad SMARTS) is 2. The van der Waals surface area contributed by atoms with E-state index in [0.717, 1.165) is 13.1 Å². The summed E-state index contributed by atoms with van der Waals surface area (Å²) in [5.41, 5.74) is 12.5. The first kappa shape index (κ1) is 30.4. The van der Waals surface area contributed by atoms with Gasteiger partial charge in [-0.2, -0.15) is 26.3 Å². The second kappa shape index (κ2) is 12.4. The maximum atomic E-state index is 10.6. The van der Waals surface area contributed by atoms with Gasteiger partial charge in [-0.1, -0.05) is 0 Å². The van der Waals surface area contributed by atoms with Crippen molar-refractivity contribution in [3.8, 4) is 0 Å². The van der Waals surface area contributed by atoms with Crippen LogP contribution < -0.4 is 11.5 Å². The lowest BCUT2D eigenvalue weighted by atomic mass is 9.95. The van der Waals surface area contributed by atoms with Gasteiger partial charge in [0.2, 0.25) is 0 Å². The zero-order valence-electron chi connectivity index (χ0n) is 18.9. The Morgan fingerprint density at radius 3 is 0.971 bits per heavy atom. The van der Waals surface area contributed by atoms with E-state index in [4.69, 9.17) is 31.3 Å². The average Bonchev–Trinajstić information content (AvgIpc) is 3.47. The number of carboxylic acids is 2. The van der Waals surface area contributed by atoms with Crippen molar-refractivity contribution in [1.29, 1.82) is 0 Å². The van der Waals surface area contributed by atoms with Crippen molar-refractivity contribution in [3.05, 3.63) is 0 Å². The van der Waals surface area contributed by atoms with Crippen molar-refractivity contribution in [2.45, 2.75) is 74.8 Å². The number of fused-ring (bicyclic) bond motifs is 2. The number of nitrogens with zero attached hydrogens (tertiary/aromatic N) is 2. The van der Waals surface area contributed by atoms with Crippen LogP contribution in [0.3, 0.4) is 0 Å². The number of hydrogen-bond donors (Lipinski definition) is 4. The summed E-state index contributed by atoms with van der Waals surface area (Å²) in [6.07, 6.45) is 0.725. The lowest BCUT2D eigenvalue weighted by Gasteiger charge is -2.30.